The average molecular weight is 386 g/mol. The highest BCUT2D eigenvalue weighted by atomic mass is 32.2. The Kier molecular flexibility index (Phi) is 5.88. The van der Waals surface area contributed by atoms with Gasteiger partial charge in [-0.05, 0) is 31.5 Å². The van der Waals surface area contributed by atoms with E-state index in [0.717, 1.165) is 22.2 Å². The Bertz CT molecular complexity index is 1030. The second-order valence-corrected chi connectivity index (χ2v) is 8.08. The van der Waals surface area contributed by atoms with E-state index in [4.69, 9.17) is 0 Å². The zero-order valence-corrected chi connectivity index (χ0v) is 15.8. The van der Waals surface area contributed by atoms with Crippen LogP contribution in [0.3, 0.4) is 0 Å². The fourth-order valence-corrected chi connectivity index (χ4v) is 3.77. The summed E-state index contributed by atoms with van der Waals surface area (Å²) in [5, 5.41) is 10.8. The van der Waals surface area contributed by atoms with Crippen molar-refractivity contribution in [2.45, 2.75) is 24.7 Å². The Morgan fingerprint density at radius 2 is 1.81 bits per heavy atom. The number of hydrogen-bond donors (Lipinski definition) is 3. The second kappa shape index (κ2) is 8.32. The number of para-hydroxylation sites is 1. The molecule has 0 aliphatic heterocycles. The maximum atomic E-state index is 12.2. The molecule has 3 aromatic rings. The molecule has 3 N–H and O–H groups in total. The van der Waals surface area contributed by atoms with E-state index in [9.17, 15) is 13.2 Å². The third kappa shape index (κ3) is 4.93. The highest BCUT2D eigenvalue weighted by Gasteiger charge is 2.13. The fourth-order valence-electron chi connectivity index (χ4n) is 2.70. The van der Waals surface area contributed by atoms with Gasteiger partial charge in [0, 0.05) is 18.5 Å². The van der Waals surface area contributed by atoms with Crippen molar-refractivity contribution in [1.29, 1.82) is 0 Å². The standard InChI is InChI=1S/C19H22N4O3S/c1-14-7-9-15(10-8-14)27(25,26)21-12-4-11-20-19(24)13-18-16-5-2-3-6-17(16)22-23-18/h2-3,5-10,21H,4,11-13H2,1H3,(H,20,24)(H,22,23). The number of benzene rings is 2. The van der Waals surface area contributed by atoms with Gasteiger partial charge in [-0.1, -0.05) is 35.9 Å². The number of sulfonamides is 1. The zero-order valence-electron chi connectivity index (χ0n) is 15.0. The number of aromatic amines is 1. The number of aromatic nitrogens is 2. The van der Waals surface area contributed by atoms with Crippen molar-refractivity contribution in [2.75, 3.05) is 13.1 Å². The lowest BCUT2D eigenvalue weighted by Gasteiger charge is -2.08. The molecule has 0 bridgehead atoms. The maximum absolute atomic E-state index is 12.2. The predicted molar refractivity (Wildman–Crippen MR) is 104 cm³/mol. The van der Waals surface area contributed by atoms with E-state index in [-0.39, 0.29) is 23.8 Å². The Morgan fingerprint density at radius 3 is 2.59 bits per heavy atom. The molecule has 142 valence electrons. The first-order valence-corrected chi connectivity index (χ1v) is 10.2. The van der Waals surface area contributed by atoms with Crippen molar-refractivity contribution in [3.63, 3.8) is 0 Å². The molecule has 0 saturated heterocycles. The van der Waals surface area contributed by atoms with Crippen molar-refractivity contribution in [2.24, 2.45) is 0 Å². The van der Waals surface area contributed by atoms with Crippen LogP contribution >= 0.6 is 0 Å². The van der Waals surface area contributed by atoms with E-state index < -0.39 is 10.0 Å². The van der Waals surface area contributed by atoms with Crippen LogP contribution in [0.1, 0.15) is 17.7 Å². The van der Waals surface area contributed by atoms with E-state index in [0.29, 0.717) is 13.0 Å². The Hall–Kier alpha value is -2.71. The van der Waals surface area contributed by atoms with Crippen LogP contribution in [-0.4, -0.2) is 37.6 Å². The number of nitrogens with one attached hydrogen (secondary N) is 3. The molecular weight excluding hydrogens is 364 g/mol. The van der Waals surface area contributed by atoms with Gasteiger partial charge in [-0.15, -0.1) is 0 Å². The van der Waals surface area contributed by atoms with Crippen LogP contribution in [0.15, 0.2) is 53.4 Å². The quantitative estimate of drug-likeness (QED) is 0.514. The van der Waals surface area contributed by atoms with Crippen LogP contribution in [0.2, 0.25) is 0 Å². The topological polar surface area (TPSA) is 104 Å². The molecule has 2 aromatic carbocycles. The molecule has 0 unspecified atom stereocenters. The van der Waals surface area contributed by atoms with Crippen molar-refractivity contribution >= 4 is 26.8 Å². The SMILES string of the molecule is Cc1ccc(S(=O)(=O)NCCCNC(=O)Cc2[nH]nc3ccccc23)cc1. The molecule has 27 heavy (non-hydrogen) atoms. The van der Waals surface area contributed by atoms with Gasteiger partial charge in [-0.3, -0.25) is 9.89 Å². The molecule has 0 radical (unpaired) electrons. The van der Waals surface area contributed by atoms with Crippen LogP contribution in [0.5, 0.6) is 0 Å². The van der Waals surface area contributed by atoms with Gasteiger partial charge < -0.3 is 5.32 Å². The molecule has 1 aromatic heterocycles. The highest BCUT2D eigenvalue weighted by molar-refractivity contribution is 7.89. The first-order valence-electron chi connectivity index (χ1n) is 8.71. The number of carbonyl (C=O) groups is 1. The van der Waals surface area contributed by atoms with E-state index in [1.807, 2.05) is 31.2 Å². The van der Waals surface area contributed by atoms with E-state index in [1.165, 1.54) is 0 Å². The normalized spacial score (nSPS) is 11.6. The molecule has 0 saturated carbocycles. The third-order valence-electron chi connectivity index (χ3n) is 4.18. The lowest BCUT2D eigenvalue weighted by Crippen LogP contribution is -2.30. The van der Waals surface area contributed by atoms with Crippen LogP contribution in [0.25, 0.3) is 10.9 Å². The summed E-state index contributed by atoms with van der Waals surface area (Å²) in [6.07, 6.45) is 0.705. The largest absolute Gasteiger partial charge is 0.356 e. The lowest BCUT2D eigenvalue weighted by atomic mass is 10.1. The van der Waals surface area contributed by atoms with E-state index in [1.54, 1.807) is 24.3 Å². The predicted octanol–water partition coefficient (Wildman–Crippen LogP) is 1.90. The number of fused-ring (bicyclic) bond motifs is 1. The number of rotatable bonds is 8. The van der Waals surface area contributed by atoms with Crippen LogP contribution in [-0.2, 0) is 21.2 Å². The van der Waals surface area contributed by atoms with E-state index in [2.05, 4.69) is 20.2 Å². The lowest BCUT2D eigenvalue weighted by molar-refractivity contribution is -0.120. The minimum absolute atomic E-state index is 0.134. The summed E-state index contributed by atoms with van der Waals surface area (Å²) in [5.74, 6) is -0.134. The fraction of sp³-hybridized carbons (Fsp3) is 0.263. The van der Waals surface area contributed by atoms with Gasteiger partial charge in [0.1, 0.15) is 0 Å². The summed E-state index contributed by atoms with van der Waals surface area (Å²) in [5.41, 5.74) is 2.59. The highest BCUT2D eigenvalue weighted by Crippen LogP contribution is 2.15. The van der Waals surface area contributed by atoms with Crippen LogP contribution < -0.4 is 10.0 Å². The Balaban J connectivity index is 1.42. The summed E-state index contributed by atoms with van der Waals surface area (Å²) in [7, 11) is -3.52. The minimum atomic E-state index is -3.52. The Labute approximate surface area is 158 Å². The van der Waals surface area contributed by atoms with Gasteiger partial charge in [-0.25, -0.2) is 13.1 Å². The molecule has 1 heterocycles. The summed E-state index contributed by atoms with van der Waals surface area (Å²) < 4.78 is 26.9. The average Bonchev–Trinajstić information content (AvgIpc) is 3.05. The van der Waals surface area contributed by atoms with Gasteiger partial charge in [0.25, 0.3) is 0 Å². The van der Waals surface area contributed by atoms with Gasteiger partial charge >= 0.3 is 0 Å². The molecule has 0 spiro atoms. The molecule has 1 amide bonds. The zero-order chi connectivity index (χ0) is 19.3. The summed E-state index contributed by atoms with van der Waals surface area (Å²) in [6, 6.07) is 14.3. The number of H-pyrrole nitrogens is 1. The number of hydrogen-bond acceptors (Lipinski definition) is 4. The second-order valence-electron chi connectivity index (χ2n) is 6.31. The summed E-state index contributed by atoms with van der Waals surface area (Å²) in [6.45, 7) is 2.55. The van der Waals surface area contributed by atoms with Crippen molar-refractivity contribution in [3.8, 4) is 0 Å². The third-order valence-corrected chi connectivity index (χ3v) is 5.65. The Morgan fingerprint density at radius 1 is 1.07 bits per heavy atom. The monoisotopic (exact) mass is 386 g/mol. The molecule has 8 heteroatoms. The maximum Gasteiger partial charge on any atom is 0.240 e. The molecule has 0 aliphatic rings. The molecule has 3 rings (SSSR count). The molecule has 0 atom stereocenters. The van der Waals surface area contributed by atoms with Crippen LogP contribution in [0.4, 0.5) is 0 Å². The van der Waals surface area contributed by atoms with Crippen molar-refractivity contribution in [1.82, 2.24) is 20.2 Å². The van der Waals surface area contributed by atoms with Crippen LogP contribution in [0, 0.1) is 6.92 Å². The molecule has 0 aliphatic carbocycles. The van der Waals surface area contributed by atoms with Gasteiger partial charge in [0.2, 0.25) is 15.9 Å². The van der Waals surface area contributed by atoms with Gasteiger partial charge in [0.15, 0.2) is 0 Å². The molecule has 7 nitrogen and oxygen atoms in total. The van der Waals surface area contributed by atoms with Gasteiger partial charge in [0.05, 0.1) is 22.5 Å². The minimum Gasteiger partial charge on any atom is -0.356 e. The first-order chi connectivity index (χ1) is 13.0. The van der Waals surface area contributed by atoms with Crippen molar-refractivity contribution < 1.29 is 13.2 Å². The molecular formula is C19H22N4O3S. The number of carbonyl (C=O) groups excluding carboxylic acids is 1. The number of amides is 1. The number of nitrogens with zero attached hydrogens (tertiary/aromatic N) is 1. The van der Waals surface area contributed by atoms with Crippen molar-refractivity contribution in [3.05, 3.63) is 59.8 Å². The summed E-state index contributed by atoms with van der Waals surface area (Å²) in [4.78, 5) is 12.3. The van der Waals surface area contributed by atoms with E-state index >= 15 is 0 Å². The first kappa shape index (κ1) is 19.1. The number of aryl methyl sites for hydroxylation is 1. The molecule has 0 fully saturated rings. The van der Waals surface area contributed by atoms with Gasteiger partial charge in [-0.2, -0.15) is 5.10 Å². The summed E-state index contributed by atoms with van der Waals surface area (Å²) >= 11 is 0. The smallest absolute Gasteiger partial charge is 0.240 e.